The fourth-order valence-electron chi connectivity index (χ4n) is 1.72. The highest BCUT2D eigenvalue weighted by molar-refractivity contribution is 7.10. The van der Waals surface area contributed by atoms with E-state index in [0.717, 1.165) is 13.1 Å². The molecule has 1 aromatic heterocycles. The Balaban J connectivity index is 2.14. The lowest BCUT2D eigenvalue weighted by Gasteiger charge is -2.18. The zero-order valence-corrected chi connectivity index (χ0v) is 9.64. The molecule has 82 valence electrons. The largest absolute Gasteiger partial charge is 0.379 e. The summed E-state index contributed by atoms with van der Waals surface area (Å²) in [6, 6.07) is 2.32. The van der Waals surface area contributed by atoms with Gasteiger partial charge in [0.05, 0.1) is 6.61 Å². The Kier molecular flexibility index (Phi) is 3.53. The van der Waals surface area contributed by atoms with E-state index in [-0.39, 0.29) is 6.04 Å². The van der Waals surface area contributed by atoms with Gasteiger partial charge in [0, 0.05) is 31.1 Å². The van der Waals surface area contributed by atoms with E-state index in [0.29, 0.717) is 6.61 Å². The second kappa shape index (κ2) is 4.90. The van der Waals surface area contributed by atoms with E-state index in [9.17, 15) is 0 Å². The van der Waals surface area contributed by atoms with Crippen LogP contribution in [0.5, 0.6) is 0 Å². The average Bonchev–Trinajstić information content (AvgIpc) is 2.67. The van der Waals surface area contributed by atoms with E-state index >= 15 is 0 Å². The maximum atomic E-state index is 5.87. The number of methoxy groups -OCH3 is 1. The van der Waals surface area contributed by atoms with Crippen molar-refractivity contribution in [3.63, 3.8) is 0 Å². The molecule has 0 amide bonds. The summed E-state index contributed by atoms with van der Waals surface area (Å²) in [6.45, 7) is 2.48. The maximum absolute atomic E-state index is 5.87. The number of nitrogens with one attached hydrogen (secondary N) is 1. The first-order chi connectivity index (χ1) is 7.29. The highest BCUT2D eigenvalue weighted by Crippen LogP contribution is 2.23. The number of hydrogen-bond acceptors (Lipinski definition) is 4. The van der Waals surface area contributed by atoms with Crippen LogP contribution in [0.1, 0.15) is 10.4 Å². The highest BCUT2D eigenvalue weighted by atomic mass is 32.1. The van der Waals surface area contributed by atoms with Gasteiger partial charge in [-0.3, -0.25) is 0 Å². The molecule has 0 aromatic carbocycles. The summed E-state index contributed by atoms with van der Waals surface area (Å²) in [7, 11) is 1.72. The average molecular weight is 224 g/mol. The molecule has 2 heterocycles. The normalized spacial score (nSPS) is 21.5. The molecule has 0 fully saturated rings. The second-order valence-electron chi connectivity index (χ2n) is 3.72. The molecule has 3 nitrogen and oxygen atoms in total. The third-order valence-corrected chi connectivity index (χ3v) is 3.33. The molecule has 1 unspecified atom stereocenters. The van der Waals surface area contributed by atoms with Crippen LogP contribution in [0.4, 0.5) is 0 Å². The molecule has 0 spiro atoms. The number of hydrogen-bond donors (Lipinski definition) is 2. The van der Waals surface area contributed by atoms with Crippen LogP contribution in [-0.4, -0.2) is 26.2 Å². The van der Waals surface area contributed by atoms with E-state index in [2.05, 4.69) is 22.8 Å². The molecule has 0 radical (unpaired) electrons. The van der Waals surface area contributed by atoms with Gasteiger partial charge in [0.25, 0.3) is 0 Å². The third kappa shape index (κ3) is 2.66. The fourth-order valence-corrected chi connectivity index (χ4v) is 2.59. The summed E-state index contributed by atoms with van der Waals surface area (Å²) in [6.07, 6.45) is 2.15. The van der Waals surface area contributed by atoms with Crippen molar-refractivity contribution in [1.82, 2.24) is 5.32 Å². The lowest BCUT2D eigenvalue weighted by molar-refractivity contribution is 0.187. The molecule has 0 bridgehead atoms. The van der Waals surface area contributed by atoms with Crippen LogP contribution in [0.15, 0.2) is 17.5 Å². The maximum Gasteiger partial charge on any atom is 0.0805 e. The van der Waals surface area contributed by atoms with Crippen LogP contribution in [-0.2, 0) is 11.3 Å². The first-order valence-electron chi connectivity index (χ1n) is 5.03. The number of nitrogens with two attached hydrogens (primary N) is 1. The topological polar surface area (TPSA) is 47.3 Å². The summed E-state index contributed by atoms with van der Waals surface area (Å²) >= 11 is 1.73. The molecule has 1 aromatic rings. The molecule has 0 saturated heterocycles. The van der Waals surface area contributed by atoms with Gasteiger partial charge in [-0.2, -0.15) is 0 Å². The van der Waals surface area contributed by atoms with E-state index in [1.165, 1.54) is 16.0 Å². The molecule has 2 rings (SSSR count). The molecule has 4 heteroatoms. The summed E-state index contributed by atoms with van der Waals surface area (Å²) in [5.74, 6) is 0. The summed E-state index contributed by atoms with van der Waals surface area (Å²) < 4.78 is 5.10. The minimum atomic E-state index is 0.138. The smallest absolute Gasteiger partial charge is 0.0805 e. The van der Waals surface area contributed by atoms with E-state index < -0.39 is 0 Å². The molecule has 0 aliphatic carbocycles. The zero-order chi connectivity index (χ0) is 10.7. The van der Waals surface area contributed by atoms with Crippen LogP contribution in [0.2, 0.25) is 0 Å². The van der Waals surface area contributed by atoms with Crippen LogP contribution in [0.25, 0.3) is 5.57 Å². The predicted molar refractivity (Wildman–Crippen MR) is 63.9 cm³/mol. The van der Waals surface area contributed by atoms with Gasteiger partial charge in [0.15, 0.2) is 0 Å². The number of rotatable bonds is 3. The Labute approximate surface area is 93.9 Å². The SMILES string of the molecule is COCc1cc(C2=CC(N)CNC2)cs1. The first-order valence-corrected chi connectivity index (χ1v) is 5.91. The minimum Gasteiger partial charge on any atom is -0.379 e. The Morgan fingerprint density at radius 2 is 2.53 bits per heavy atom. The summed E-state index contributed by atoms with van der Waals surface area (Å²) in [4.78, 5) is 1.26. The van der Waals surface area contributed by atoms with E-state index in [1.807, 2.05) is 0 Å². The van der Waals surface area contributed by atoms with Gasteiger partial charge in [0.1, 0.15) is 0 Å². The predicted octanol–water partition coefficient (Wildman–Crippen LogP) is 1.21. The first kappa shape index (κ1) is 10.8. The molecule has 1 atom stereocenters. The van der Waals surface area contributed by atoms with Crippen molar-refractivity contribution in [1.29, 1.82) is 0 Å². The van der Waals surface area contributed by atoms with Gasteiger partial charge in [-0.15, -0.1) is 11.3 Å². The molecular weight excluding hydrogens is 208 g/mol. The molecule has 1 aliphatic heterocycles. The number of thiophene rings is 1. The summed E-state index contributed by atoms with van der Waals surface area (Å²) in [5.41, 5.74) is 8.44. The van der Waals surface area contributed by atoms with Crippen LogP contribution in [0.3, 0.4) is 0 Å². The molecule has 15 heavy (non-hydrogen) atoms. The minimum absolute atomic E-state index is 0.138. The van der Waals surface area contributed by atoms with Gasteiger partial charge < -0.3 is 15.8 Å². The van der Waals surface area contributed by atoms with Gasteiger partial charge in [-0.1, -0.05) is 6.08 Å². The molecule has 3 N–H and O–H groups in total. The van der Waals surface area contributed by atoms with Gasteiger partial charge >= 0.3 is 0 Å². The van der Waals surface area contributed by atoms with Crippen molar-refractivity contribution in [2.75, 3.05) is 20.2 Å². The molecule has 1 aliphatic rings. The lowest BCUT2D eigenvalue weighted by atomic mass is 10.0. The third-order valence-electron chi connectivity index (χ3n) is 2.42. The molecule has 0 saturated carbocycles. The van der Waals surface area contributed by atoms with Gasteiger partial charge in [-0.25, -0.2) is 0 Å². The van der Waals surface area contributed by atoms with Crippen LogP contribution < -0.4 is 11.1 Å². The Morgan fingerprint density at radius 3 is 3.27 bits per heavy atom. The fraction of sp³-hybridized carbons (Fsp3) is 0.455. The van der Waals surface area contributed by atoms with E-state index in [1.54, 1.807) is 18.4 Å². The zero-order valence-electron chi connectivity index (χ0n) is 8.82. The Hall–Kier alpha value is -0.680. The second-order valence-corrected chi connectivity index (χ2v) is 4.72. The standard InChI is InChI=1S/C11H16N2OS/c1-14-6-11-3-9(7-15-11)8-2-10(12)5-13-4-8/h2-3,7,10,13H,4-6,12H2,1H3. The van der Waals surface area contributed by atoms with Gasteiger partial charge in [0.2, 0.25) is 0 Å². The lowest BCUT2D eigenvalue weighted by Crippen LogP contribution is -2.37. The van der Waals surface area contributed by atoms with Crippen molar-refractivity contribution in [3.8, 4) is 0 Å². The summed E-state index contributed by atoms with van der Waals surface area (Å²) in [5, 5.41) is 5.47. The number of ether oxygens (including phenoxy) is 1. The van der Waals surface area contributed by atoms with E-state index in [4.69, 9.17) is 10.5 Å². The van der Waals surface area contributed by atoms with Crippen molar-refractivity contribution in [2.45, 2.75) is 12.6 Å². The molecular formula is C11H16N2OS. The quantitative estimate of drug-likeness (QED) is 0.811. The van der Waals surface area contributed by atoms with Gasteiger partial charge in [-0.05, 0) is 22.6 Å². The van der Waals surface area contributed by atoms with Crippen molar-refractivity contribution < 1.29 is 4.74 Å². The van der Waals surface area contributed by atoms with Crippen LogP contribution >= 0.6 is 11.3 Å². The Morgan fingerprint density at radius 1 is 1.67 bits per heavy atom. The van der Waals surface area contributed by atoms with Crippen molar-refractivity contribution in [2.24, 2.45) is 5.73 Å². The monoisotopic (exact) mass is 224 g/mol. The Bertz CT molecular complexity index is 359. The highest BCUT2D eigenvalue weighted by Gasteiger charge is 2.11. The van der Waals surface area contributed by atoms with Crippen LogP contribution in [0, 0.1) is 0 Å². The van der Waals surface area contributed by atoms with Crippen molar-refractivity contribution in [3.05, 3.63) is 28.0 Å². The van der Waals surface area contributed by atoms with Crippen molar-refractivity contribution >= 4 is 16.9 Å².